The molecule has 0 bridgehead atoms. The number of ether oxygens (including phenoxy) is 2. The summed E-state index contributed by atoms with van der Waals surface area (Å²) in [5.41, 5.74) is 1.02. The molecule has 0 saturated carbocycles. The molecule has 2 aromatic heterocycles. The smallest absolute Gasteiger partial charge is 0.162 e. The molecule has 1 aliphatic rings. The molecule has 118 valence electrons. The van der Waals surface area contributed by atoms with Crippen LogP contribution >= 0.6 is 11.8 Å². The molecule has 1 aromatic carbocycles. The molecule has 0 unspecified atom stereocenters. The summed E-state index contributed by atoms with van der Waals surface area (Å²) in [6, 6.07) is 5.93. The quantitative estimate of drug-likeness (QED) is 0.723. The van der Waals surface area contributed by atoms with Gasteiger partial charge in [0.05, 0.1) is 6.20 Å². The van der Waals surface area contributed by atoms with Crippen molar-refractivity contribution in [1.29, 1.82) is 0 Å². The lowest BCUT2D eigenvalue weighted by atomic mass is 10.2. The van der Waals surface area contributed by atoms with E-state index in [1.165, 1.54) is 0 Å². The summed E-state index contributed by atoms with van der Waals surface area (Å²) in [6.45, 7) is 2.01. The molecule has 7 nitrogen and oxygen atoms in total. The van der Waals surface area contributed by atoms with Crippen molar-refractivity contribution in [3.05, 3.63) is 36.8 Å². The van der Waals surface area contributed by atoms with E-state index in [9.17, 15) is 0 Å². The van der Waals surface area contributed by atoms with Crippen molar-refractivity contribution in [3.8, 4) is 22.9 Å². The van der Waals surface area contributed by atoms with Crippen LogP contribution in [0.15, 0.2) is 41.8 Å². The fourth-order valence-electron chi connectivity index (χ4n) is 2.44. The lowest BCUT2D eigenvalue weighted by Gasteiger charge is -2.19. The number of fused-ring (bicyclic) bond motifs is 1. The molecule has 3 aromatic rings. The van der Waals surface area contributed by atoms with Crippen molar-refractivity contribution in [2.45, 2.75) is 11.6 Å². The van der Waals surface area contributed by atoms with Gasteiger partial charge in [0.1, 0.15) is 24.1 Å². The second kappa shape index (κ2) is 6.33. The third kappa shape index (κ3) is 3.02. The molecule has 8 heteroatoms. The number of nitrogens with zero attached hydrogens (tertiary/aromatic N) is 4. The third-order valence-electron chi connectivity index (χ3n) is 3.49. The van der Waals surface area contributed by atoms with E-state index in [0.29, 0.717) is 13.2 Å². The molecule has 1 aliphatic heterocycles. The van der Waals surface area contributed by atoms with E-state index in [0.717, 1.165) is 40.2 Å². The van der Waals surface area contributed by atoms with Crippen LogP contribution in [0.2, 0.25) is 0 Å². The van der Waals surface area contributed by atoms with Gasteiger partial charge in [-0.1, -0.05) is 0 Å². The lowest BCUT2D eigenvalue weighted by Crippen LogP contribution is -2.15. The van der Waals surface area contributed by atoms with Crippen molar-refractivity contribution in [1.82, 2.24) is 25.0 Å². The number of aryl methyl sites for hydroxylation is 1. The van der Waals surface area contributed by atoms with Crippen molar-refractivity contribution in [2.75, 3.05) is 19.0 Å². The van der Waals surface area contributed by atoms with E-state index in [1.807, 2.05) is 30.6 Å². The average molecular weight is 329 g/mol. The van der Waals surface area contributed by atoms with Crippen LogP contribution in [0.5, 0.6) is 11.5 Å². The van der Waals surface area contributed by atoms with Crippen LogP contribution in [0, 0.1) is 0 Å². The number of nitrogens with one attached hydrogen (secondary N) is 1. The van der Waals surface area contributed by atoms with Crippen molar-refractivity contribution < 1.29 is 9.47 Å². The molecule has 1 N–H and O–H groups in total. The van der Waals surface area contributed by atoms with Gasteiger partial charge < -0.3 is 14.0 Å². The SMILES string of the molecule is c1cn(CCSc2cn[nH]n2)c(-c2ccc3c(c2)OCCO3)n1. The molecule has 0 fully saturated rings. The summed E-state index contributed by atoms with van der Waals surface area (Å²) in [5, 5.41) is 11.3. The van der Waals surface area contributed by atoms with Crippen LogP contribution < -0.4 is 9.47 Å². The molecular formula is C15H15N5O2S. The predicted octanol–water partition coefficient (Wildman–Crippen LogP) is 2.23. The van der Waals surface area contributed by atoms with Gasteiger partial charge in [0.2, 0.25) is 0 Å². The van der Waals surface area contributed by atoms with Crippen LogP contribution in [-0.2, 0) is 6.54 Å². The van der Waals surface area contributed by atoms with Crippen LogP contribution in [0.3, 0.4) is 0 Å². The summed E-state index contributed by atoms with van der Waals surface area (Å²) in [4.78, 5) is 4.47. The number of benzene rings is 1. The number of hydrogen-bond acceptors (Lipinski definition) is 6. The first-order valence-electron chi connectivity index (χ1n) is 7.30. The summed E-state index contributed by atoms with van der Waals surface area (Å²) in [6.07, 6.45) is 5.52. The van der Waals surface area contributed by atoms with Gasteiger partial charge in [-0.15, -0.1) is 16.9 Å². The van der Waals surface area contributed by atoms with Crippen LogP contribution in [0.25, 0.3) is 11.4 Å². The van der Waals surface area contributed by atoms with Crippen molar-refractivity contribution >= 4 is 11.8 Å². The van der Waals surface area contributed by atoms with Crippen LogP contribution in [-0.4, -0.2) is 43.9 Å². The maximum absolute atomic E-state index is 5.65. The van der Waals surface area contributed by atoms with Gasteiger partial charge in [-0.2, -0.15) is 10.3 Å². The highest BCUT2D eigenvalue weighted by Gasteiger charge is 2.14. The second-order valence-corrected chi connectivity index (χ2v) is 6.07. The van der Waals surface area contributed by atoms with E-state index >= 15 is 0 Å². The highest BCUT2D eigenvalue weighted by atomic mass is 32.2. The van der Waals surface area contributed by atoms with Gasteiger partial charge in [0, 0.05) is 30.3 Å². The van der Waals surface area contributed by atoms with E-state index in [2.05, 4.69) is 25.0 Å². The van der Waals surface area contributed by atoms with Crippen molar-refractivity contribution in [2.24, 2.45) is 0 Å². The molecule has 0 saturated heterocycles. The van der Waals surface area contributed by atoms with E-state index in [1.54, 1.807) is 18.0 Å². The number of aromatic nitrogens is 5. The van der Waals surface area contributed by atoms with Crippen molar-refractivity contribution in [3.63, 3.8) is 0 Å². The Balaban J connectivity index is 1.50. The van der Waals surface area contributed by atoms with E-state index in [-0.39, 0.29) is 0 Å². The molecule has 3 heterocycles. The number of hydrogen-bond donors (Lipinski definition) is 1. The van der Waals surface area contributed by atoms with Crippen LogP contribution in [0.1, 0.15) is 0 Å². The largest absolute Gasteiger partial charge is 0.486 e. The molecular weight excluding hydrogens is 314 g/mol. The highest BCUT2D eigenvalue weighted by molar-refractivity contribution is 7.99. The van der Waals surface area contributed by atoms with Gasteiger partial charge >= 0.3 is 0 Å². The average Bonchev–Trinajstić information content (AvgIpc) is 3.26. The minimum Gasteiger partial charge on any atom is -0.486 e. The lowest BCUT2D eigenvalue weighted by molar-refractivity contribution is 0.171. The molecule has 23 heavy (non-hydrogen) atoms. The maximum Gasteiger partial charge on any atom is 0.162 e. The van der Waals surface area contributed by atoms with Crippen LogP contribution in [0.4, 0.5) is 0 Å². The number of aromatic amines is 1. The Kier molecular flexibility index (Phi) is 3.89. The molecule has 0 aliphatic carbocycles. The molecule has 4 rings (SSSR count). The Morgan fingerprint density at radius 2 is 2.13 bits per heavy atom. The zero-order chi connectivity index (χ0) is 15.5. The van der Waals surface area contributed by atoms with E-state index < -0.39 is 0 Å². The maximum atomic E-state index is 5.65. The number of rotatable bonds is 5. The zero-order valence-electron chi connectivity index (χ0n) is 12.3. The molecule has 0 amide bonds. The molecule has 0 atom stereocenters. The van der Waals surface area contributed by atoms with Gasteiger partial charge in [-0.3, -0.25) is 0 Å². The standard InChI is InChI=1S/C15H15N5O2S/c1-2-12-13(22-7-6-21-12)9-11(1)15-16-3-4-20(15)5-8-23-14-10-17-19-18-14/h1-4,9-10H,5-8H2,(H,17,18,19). The Morgan fingerprint density at radius 1 is 1.22 bits per heavy atom. The highest BCUT2D eigenvalue weighted by Crippen LogP contribution is 2.34. The number of thioether (sulfide) groups is 1. The van der Waals surface area contributed by atoms with Gasteiger partial charge in [0.15, 0.2) is 11.5 Å². The molecule has 0 radical (unpaired) electrons. The summed E-state index contributed by atoms with van der Waals surface area (Å²) in [7, 11) is 0. The minimum atomic E-state index is 0.583. The first-order chi connectivity index (χ1) is 11.4. The fourth-order valence-corrected chi connectivity index (χ4v) is 3.17. The second-order valence-electron chi connectivity index (χ2n) is 4.96. The monoisotopic (exact) mass is 329 g/mol. The zero-order valence-corrected chi connectivity index (χ0v) is 13.1. The first kappa shape index (κ1) is 14.1. The predicted molar refractivity (Wildman–Crippen MR) is 85.8 cm³/mol. The first-order valence-corrected chi connectivity index (χ1v) is 8.28. The van der Waals surface area contributed by atoms with Gasteiger partial charge in [-0.05, 0) is 18.2 Å². The Labute approximate surface area is 137 Å². The summed E-state index contributed by atoms with van der Waals surface area (Å²) >= 11 is 1.65. The fraction of sp³-hybridized carbons (Fsp3) is 0.267. The topological polar surface area (TPSA) is 77.9 Å². The summed E-state index contributed by atoms with van der Waals surface area (Å²) < 4.78 is 13.3. The summed E-state index contributed by atoms with van der Waals surface area (Å²) in [5.74, 6) is 3.38. The Bertz CT molecular complexity index is 787. The third-order valence-corrected chi connectivity index (χ3v) is 4.37. The minimum absolute atomic E-state index is 0.583. The number of H-pyrrole nitrogens is 1. The van der Waals surface area contributed by atoms with Gasteiger partial charge in [-0.25, -0.2) is 4.98 Å². The normalized spacial score (nSPS) is 13.2. The molecule has 0 spiro atoms. The van der Waals surface area contributed by atoms with E-state index in [4.69, 9.17) is 9.47 Å². The number of imidazole rings is 1. The van der Waals surface area contributed by atoms with Gasteiger partial charge in [0.25, 0.3) is 0 Å². The Hall–Kier alpha value is -2.48. The Morgan fingerprint density at radius 3 is 3.00 bits per heavy atom.